The summed E-state index contributed by atoms with van der Waals surface area (Å²) in [5, 5.41) is 38.7. The third kappa shape index (κ3) is 19.4. The molecule has 1 fully saturated rings. The Kier molecular flexibility index (Phi) is 27.9. The van der Waals surface area contributed by atoms with E-state index in [1.807, 2.05) is 217 Å². The number of hydrogen-bond donors (Lipinski definition) is 5. The number of fused-ring (bicyclic) bond motifs is 8. The molecule has 14 heterocycles. The van der Waals surface area contributed by atoms with Crippen LogP contribution in [0.15, 0.2) is 299 Å². The number of nitrogens with zero attached hydrogens (tertiary/aromatic N) is 17. The van der Waals surface area contributed by atoms with Crippen molar-refractivity contribution in [3.8, 4) is 28.2 Å². The number of amides is 4. The number of aryl methyl sites for hydroxylation is 6. The summed E-state index contributed by atoms with van der Waals surface area (Å²) in [6.45, 7) is 20.7. The molecule has 143 heavy (non-hydrogen) atoms. The Labute approximate surface area is 819 Å². The Bertz CT molecular complexity index is 8570. The van der Waals surface area contributed by atoms with Crippen molar-refractivity contribution in [1.29, 1.82) is 0 Å². The number of carbonyl (C=O) groups is 5. The van der Waals surface area contributed by atoms with Crippen molar-refractivity contribution in [3.63, 3.8) is 0 Å². The molecule has 7 aromatic carbocycles. The fraction of sp³-hybridized carbons (Fsp3) is 0.207. The van der Waals surface area contributed by atoms with E-state index in [0.29, 0.717) is 136 Å². The number of pyridine rings is 5. The number of ether oxygens (including phenoxy) is 1. The van der Waals surface area contributed by atoms with E-state index in [2.05, 4.69) is 78.8 Å². The monoisotopic (exact) mass is 1900 g/mol. The Morgan fingerprint density at radius 1 is 0.406 bits per heavy atom. The van der Waals surface area contributed by atoms with Gasteiger partial charge in [0.15, 0.2) is 28.9 Å². The molecule has 32 heteroatoms. The van der Waals surface area contributed by atoms with E-state index in [0.717, 1.165) is 99.7 Å². The van der Waals surface area contributed by atoms with Crippen LogP contribution in [-0.2, 0) is 24.8 Å². The largest absolute Gasteiger partial charge is 0.377 e. The number of para-hydroxylation sites is 3. The summed E-state index contributed by atoms with van der Waals surface area (Å²) in [7, 11) is 1.73. The molecule has 20 aromatic rings. The van der Waals surface area contributed by atoms with Gasteiger partial charge in [0.25, 0.3) is 45.9 Å². The molecule has 718 valence electrons. The normalized spacial score (nSPS) is 13.2. The summed E-state index contributed by atoms with van der Waals surface area (Å²) in [5.74, 6) is -1.20. The summed E-state index contributed by atoms with van der Waals surface area (Å²) >= 11 is 0. The first-order valence-electron chi connectivity index (χ1n) is 47.3. The van der Waals surface area contributed by atoms with Gasteiger partial charge < -0.3 is 35.9 Å². The van der Waals surface area contributed by atoms with Crippen LogP contribution in [0.2, 0.25) is 0 Å². The van der Waals surface area contributed by atoms with Crippen LogP contribution in [0.3, 0.4) is 0 Å². The number of aromatic nitrogens is 17. The van der Waals surface area contributed by atoms with Gasteiger partial charge >= 0.3 is 0 Å². The van der Waals surface area contributed by atoms with Gasteiger partial charge in [0, 0.05) is 134 Å². The first-order valence-corrected chi connectivity index (χ1v) is 47.3. The lowest BCUT2D eigenvalue weighted by atomic mass is 9.98. The van der Waals surface area contributed by atoms with Crippen LogP contribution >= 0.6 is 0 Å². The lowest BCUT2D eigenvalue weighted by Crippen LogP contribution is -2.33. The molecular formula is C111H104N22O10. The molecule has 13 aromatic heterocycles. The van der Waals surface area contributed by atoms with Crippen molar-refractivity contribution in [3.05, 3.63) is 412 Å². The van der Waals surface area contributed by atoms with Gasteiger partial charge in [-0.25, -0.2) is 38.0 Å². The second kappa shape index (κ2) is 41.6. The van der Waals surface area contributed by atoms with Crippen molar-refractivity contribution in [2.45, 2.75) is 132 Å². The van der Waals surface area contributed by atoms with Crippen LogP contribution in [0, 0.1) is 34.6 Å². The molecule has 1 saturated heterocycles. The molecule has 21 rings (SSSR count). The second-order valence-corrected chi connectivity index (χ2v) is 35.4. The van der Waals surface area contributed by atoms with Crippen molar-refractivity contribution < 1.29 is 28.7 Å². The van der Waals surface area contributed by atoms with Gasteiger partial charge in [-0.15, -0.1) is 0 Å². The molecule has 1 unspecified atom stereocenters. The molecule has 0 radical (unpaired) electrons. The van der Waals surface area contributed by atoms with Gasteiger partial charge in [-0.1, -0.05) is 141 Å². The van der Waals surface area contributed by atoms with E-state index in [1.165, 1.54) is 0 Å². The van der Waals surface area contributed by atoms with Crippen LogP contribution in [0.1, 0.15) is 192 Å². The van der Waals surface area contributed by atoms with E-state index in [-0.39, 0.29) is 52.0 Å². The van der Waals surface area contributed by atoms with E-state index < -0.39 is 24.2 Å². The summed E-state index contributed by atoms with van der Waals surface area (Å²) < 4.78 is 18.6. The van der Waals surface area contributed by atoms with Crippen LogP contribution in [0.4, 0.5) is 0 Å². The molecule has 0 aliphatic carbocycles. The minimum absolute atomic E-state index is 0.0809. The van der Waals surface area contributed by atoms with Crippen LogP contribution < -0.4 is 48.8 Å². The zero-order valence-corrected chi connectivity index (χ0v) is 80.7. The topological polar surface area (TPSA) is 376 Å². The molecule has 1 aliphatic heterocycles. The number of hydrogen-bond acceptors (Lipinski definition) is 20. The third-order valence-corrected chi connectivity index (χ3v) is 25.7. The number of nitrogens with one attached hydrogen (secondary N) is 5. The molecular weight excluding hydrogens is 1800 g/mol. The average molecular weight is 1910 g/mol. The van der Waals surface area contributed by atoms with E-state index in [1.54, 1.807) is 169 Å². The summed E-state index contributed by atoms with van der Waals surface area (Å²) in [6, 6.07) is 67.9. The van der Waals surface area contributed by atoms with Gasteiger partial charge in [0.1, 0.15) is 22.3 Å². The molecule has 4 amide bonds. The van der Waals surface area contributed by atoms with Gasteiger partial charge in [-0.3, -0.25) is 61.8 Å². The minimum Gasteiger partial charge on any atom is -0.377 e. The van der Waals surface area contributed by atoms with E-state index in [4.69, 9.17) is 4.74 Å². The highest BCUT2D eigenvalue weighted by Crippen LogP contribution is 2.33. The summed E-state index contributed by atoms with van der Waals surface area (Å²) in [5.41, 5.74) is 15.1. The average Bonchev–Trinajstić information content (AvgIpc) is 1.48. The lowest BCUT2D eigenvalue weighted by Gasteiger charge is -2.22. The first-order chi connectivity index (χ1) is 69.3. The Morgan fingerprint density at radius 2 is 0.776 bits per heavy atom. The van der Waals surface area contributed by atoms with E-state index >= 15 is 0 Å². The van der Waals surface area contributed by atoms with Crippen molar-refractivity contribution in [1.82, 2.24) is 108 Å². The molecule has 0 spiro atoms. The van der Waals surface area contributed by atoms with Gasteiger partial charge in [-0.2, -0.15) is 20.4 Å². The number of carbonyl (C=O) groups excluding carboxylic acids is 5. The van der Waals surface area contributed by atoms with Crippen molar-refractivity contribution in [2.24, 2.45) is 7.05 Å². The van der Waals surface area contributed by atoms with Crippen LogP contribution in [-0.4, -0.2) is 131 Å². The highest BCUT2D eigenvalue weighted by Gasteiger charge is 2.31. The Morgan fingerprint density at radius 3 is 1.17 bits per heavy atom. The zero-order valence-electron chi connectivity index (χ0n) is 80.7. The third-order valence-electron chi connectivity index (χ3n) is 25.7. The maximum atomic E-state index is 14.2. The second-order valence-electron chi connectivity index (χ2n) is 35.4. The van der Waals surface area contributed by atoms with Gasteiger partial charge in [0.2, 0.25) is 0 Å². The maximum Gasteiger partial charge on any atom is 0.263 e. The Hall–Kier alpha value is -17.5. The summed E-state index contributed by atoms with van der Waals surface area (Å²) in [4.78, 5) is 142. The van der Waals surface area contributed by atoms with Gasteiger partial charge in [-0.05, 0) is 222 Å². The van der Waals surface area contributed by atoms with Crippen molar-refractivity contribution >= 4 is 95.6 Å². The highest BCUT2D eigenvalue weighted by atomic mass is 16.5. The molecule has 5 atom stereocenters. The smallest absolute Gasteiger partial charge is 0.263 e. The quantitative estimate of drug-likeness (QED) is 0.0371. The fourth-order valence-electron chi connectivity index (χ4n) is 19.0. The summed E-state index contributed by atoms with van der Waals surface area (Å²) in [6.07, 6.45) is 20.1. The number of benzene rings is 7. The molecule has 0 bridgehead atoms. The molecule has 5 N–H and O–H groups in total. The lowest BCUT2D eigenvalue weighted by molar-refractivity contribution is 0.0930. The molecule has 1 aliphatic rings. The van der Waals surface area contributed by atoms with Crippen LogP contribution in [0.5, 0.6) is 0 Å². The minimum atomic E-state index is -0.539. The standard InChI is InChI=1S/C31H32N6O3.C28H27N5O2.C26H24N6O2.C26H21N5O3/c1-20(34-30(38)27-21(2)35-36-15-8-14-33-29(27)36)26-17-22-9-6-10-23(18-32-19-25-13-7-16-40-25)28(22)31(39)37(26)24-11-4-3-5-12-24;1-4-10-20-11-8-12-21-17-23(33(28(35)25(20)21)22-13-6-5-7-14-22)18(2)30-27(34)24-19(3)31-32-16-9-15-29-26(24)32;1-15-13-18(9-11-27-15)20-8-5-7-19-14-21(31(4)26(34)23(19)20)16(2)29-25(33)22-17(3)30-32-12-6-10-28-24(22)32;1-16(28-25(33)22-17(2)29-30-13-7-12-27-24(22)30)21-14-18-8-6-9-19(15-32)23(18)26(34)31(21)20-10-4-3-5-11-20/h3-6,8-12,14-15,17,20,25,32H,7,13,16,18-19H2,1-2H3,(H,34,38);5-9,11-18H,4,10H2,1-3H3,(H,30,34);5-14,16H,1-4H3,(H,29,33);3-16H,1-2H3,(H,28,33)/t20-,25?;18-;2*16-/m0000/s1. The van der Waals surface area contributed by atoms with Crippen molar-refractivity contribution in [2.75, 3.05) is 13.2 Å². The zero-order chi connectivity index (χ0) is 100.0. The SMILES string of the molecule is CCCc1cccc2cc([C@H](C)NC(=O)c3c(C)nn4cccnc34)n(-c3ccccc3)c(=O)c12.Cc1cc(-c2cccc3cc([C@H](C)NC(=O)c4c(C)nn5cccnc45)n(C)c(=O)c23)ccn1.Cc1nn2cccnc2c1C(=O)N[C@@H](C)c1cc2cccc(C=O)c2c(=O)n1-c1ccccc1.Cc1nn2cccnc2c1C(=O)N[C@@H](C)c1cc2cccc(CNCC3CCCO3)c2c(=O)n1-c1ccccc1. The maximum absolute atomic E-state index is 14.2. The van der Waals surface area contributed by atoms with Gasteiger partial charge in [0.05, 0.1) is 74.6 Å². The number of rotatable bonds is 23. The Balaban J connectivity index is 0.000000126. The number of aldehydes is 1. The first kappa shape index (κ1) is 95.8. The molecule has 32 nitrogen and oxygen atoms in total. The predicted octanol–water partition coefficient (Wildman–Crippen LogP) is 16.3. The van der Waals surface area contributed by atoms with Crippen LogP contribution in [0.25, 0.3) is 93.9 Å². The fourth-order valence-corrected chi connectivity index (χ4v) is 19.0. The predicted molar refractivity (Wildman–Crippen MR) is 550 cm³/mol. The molecule has 0 saturated carbocycles. The highest BCUT2D eigenvalue weighted by molar-refractivity contribution is 6.05. The van der Waals surface area contributed by atoms with E-state index in [9.17, 15) is 43.2 Å².